The van der Waals surface area contributed by atoms with Gasteiger partial charge in [0.15, 0.2) is 11.6 Å². The number of nitrogens with zero attached hydrogens (tertiary/aromatic N) is 1. The average Bonchev–Trinajstić information content (AvgIpc) is 2.52. The summed E-state index contributed by atoms with van der Waals surface area (Å²) in [6.07, 6.45) is 0.764. The molecule has 0 aliphatic carbocycles. The molecule has 0 saturated heterocycles. The number of hydrogen-bond donors (Lipinski definition) is 1. The Balaban J connectivity index is 2.18. The molecule has 0 unspecified atom stereocenters. The summed E-state index contributed by atoms with van der Waals surface area (Å²) in [7, 11) is -4.08. The molecule has 0 atom stereocenters. The number of carbonyl (C=O) groups excluding carboxylic acids is 1. The fourth-order valence-electron chi connectivity index (χ4n) is 2.11. The van der Waals surface area contributed by atoms with Crippen molar-refractivity contribution in [3.05, 3.63) is 64.7 Å². The monoisotopic (exact) mass is 388 g/mol. The Bertz CT molecular complexity index is 870. The lowest BCUT2D eigenvalue weighted by atomic mass is 10.2. The molecule has 134 valence electrons. The van der Waals surface area contributed by atoms with Gasteiger partial charge in [-0.05, 0) is 23.8 Å². The van der Waals surface area contributed by atoms with Crippen molar-refractivity contribution in [1.82, 2.24) is 5.32 Å². The Morgan fingerprint density at radius 3 is 2.28 bits per heavy atom. The Morgan fingerprint density at radius 1 is 1.12 bits per heavy atom. The maximum atomic E-state index is 13.9. The summed E-state index contributed by atoms with van der Waals surface area (Å²) in [5.74, 6) is -2.89. The fourth-order valence-corrected chi connectivity index (χ4v) is 3.17. The van der Waals surface area contributed by atoms with Crippen LogP contribution in [0.4, 0.5) is 14.5 Å². The molecule has 0 aliphatic rings. The molecular formula is C16H15ClF2N2O3S. The molecule has 5 nitrogen and oxygen atoms in total. The van der Waals surface area contributed by atoms with Gasteiger partial charge in [-0.1, -0.05) is 35.9 Å². The third kappa shape index (κ3) is 4.90. The molecule has 9 heteroatoms. The van der Waals surface area contributed by atoms with E-state index in [9.17, 15) is 22.0 Å². The number of halogens is 3. The van der Waals surface area contributed by atoms with Gasteiger partial charge < -0.3 is 5.32 Å². The van der Waals surface area contributed by atoms with Gasteiger partial charge in [0.1, 0.15) is 12.2 Å². The maximum Gasteiger partial charge on any atom is 0.241 e. The molecule has 0 bridgehead atoms. The molecule has 0 fully saturated rings. The number of anilines is 1. The SMILES string of the molecule is CS(=O)(=O)N(CC(=O)NCc1ccccc1Cl)c1c(F)cccc1F. The quantitative estimate of drug-likeness (QED) is 0.827. The molecule has 0 heterocycles. The predicted octanol–water partition coefficient (Wildman–Crippen LogP) is 2.70. The van der Waals surface area contributed by atoms with Crippen molar-refractivity contribution in [2.75, 3.05) is 17.1 Å². The van der Waals surface area contributed by atoms with E-state index in [2.05, 4.69) is 5.32 Å². The summed E-state index contributed by atoms with van der Waals surface area (Å²) >= 11 is 5.97. The smallest absolute Gasteiger partial charge is 0.241 e. The van der Waals surface area contributed by atoms with Crippen LogP contribution in [0.2, 0.25) is 5.02 Å². The molecular weight excluding hydrogens is 374 g/mol. The minimum Gasteiger partial charge on any atom is -0.350 e. The standard InChI is InChI=1S/C16H15ClF2N2O3S/c1-25(23,24)21(16-13(18)7-4-8-14(16)19)10-15(22)20-9-11-5-2-3-6-12(11)17/h2-8H,9-10H2,1H3,(H,20,22). The zero-order chi connectivity index (χ0) is 18.6. The second-order valence-electron chi connectivity index (χ2n) is 5.21. The van der Waals surface area contributed by atoms with E-state index in [-0.39, 0.29) is 6.54 Å². The highest BCUT2D eigenvalue weighted by Crippen LogP contribution is 2.25. The average molecular weight is 389 g/mol. The van der Waals surface area contributed by atoms with Crippen LogP contribution in [0, 0.1) is 11.6 Å². The van der Waals surface area contributed by atoms with Gasteiger partial charge in [-0.25, -0.2) is 17.2 Å². The van der Waals surface area contributed by atoms with Gasteiger partial charge in [0.05, 0.1) is 6.26 Å². The minimum absolute atomic E-state index is 0.0515. The van der Waals surface area contributed by atoms with E-state index in [1.807, 2.05) is 0 Å². The van der Waals surface area contributed by atoms with E-state index in [0.29, 0.717) is 14.9 Å². The fraction of sp³-hybridized carbons (Fsp3) is 0.188. The van der Waals surface area contributed by atoms with Gasteiger partial charge in [0.25, 0.3) is 0 Å². The molecule has 2 aromatic rings. The number of sulfonamides is 1. The molecule has 2 rings (SSSR count). The van der Waals surface area contributed by atoms with Crippen molar-refractivity contribution in [1.29, 1.82) is 0 Å². The highest BCUT2D eigenvalue weighted by atomic mass is 35.5. The van der Waals surface area contributed by atoms with Crippen LogP contribution in [0.1, 0.15) is 5.56 Å². The first-order valence-corrected chi connectivity index (χ1v) is 9.34. The number of rotatable bonds is 6. The molecule has 0 radical (unpaired) electrons. The van der Waals surface area contributed by atoms with Crippen LogP contribution in [0.3, 0.4) is 0 Å². The van der Waals surface area contributed by atoms with E-state index >= 15 is 0 Å². The number of amides is 1. The van der Waals surface area contributed by atoms with Crippen molar-refractivity contribution in [3.8, 4) is 0 Å². The lowest BCUT2D eigenvalue weighted by molar-refractivity contribution is -0.119. The minimum atomic E-state index is -4.08. The summed E-state index contributed by atoms with van der Waals surface area (Å²) in [6, 6.07) is 9.71. The van der Waals surface area contributed by atoms with Crippen LogP contribution < -0.4 is 9.62 Å². The summed E-state index contributed by atoms with van der Waals surface area (Å²) in [4.78, 5) is 12.1. The van der Waals surface area contributed by atoms with Crippen LogP contribution in [-0.2, 0) is 21.4 Å². The van der Waals surface area contributed by atoms with Gasteiger partial charge in [-0.15, -0.1) is 0 Å². The first-order valence-electron chi connectivity index (χ1n) is 7.12. The van der Waals surface area contributed by atoms with Crippen LogP contribution >= 0.6 is 11.6 Å². The highest BCUT2D eigenvalue weighted by molar-refractivity contribution is 7.92. The number of hydrogen-bond acceptors (Lipinski definition) is 3. The lowest BCUT2D eigenvalue weighted by Gasteiger charge is -2.22. The zero-order valence-corrected chi connectivity index (χ0v) is 14.7. The summed E-state index contributed by atoms with van der Waals surface area (Å²) in [5.41, 5.74) is -0.168. The van der Waals surface area contributed by atoms with E-state index in [4.69, 9.17) is 11.6 Å². The number of benzene rings is 2. The van der Waals surface area contributed by atoms with E-state index in [0.717, 1.165) is 24.5 Å². The van der Waals surface area contributed by atoms with E-state index in [1.54, 1.807) is 24.3 Å². The molecule has 0 aliphatic heterocycles. The van der Waals surface area contributed by atoms with Crippen LogP contribution in [0.15, 0.2) is 42.5 Å². The lowest BCUT2D eigenvalue weighted by Crippen LogP contribution is -2.41. The third-order valence-electron chi connectivity index (χ3n) is 3.31. The molecule has 1 N–H and O–H groups in total. The van der Waals surface area contributed by atoms with Gasteiger partial charge in [-0.2, -0.15) is 0 Å². The number of carbonyl (C=O) groups is 1. The number of nitrogens with one attached hydrogen (secondary N) is 1. The summed E-state index contributed by atoms with van der Waals surface area (Å²) < 4.78 is 52.0. The topological polar surface area (TPSA) is 66.5 Å². The normalized spacial score (nSPS) is 11.2. The summed E-state index contributed by atoms with van der Waals surface area (Å²) in [5, 5.41) is 2.91. The molecule has 25 heavy (non-hydrogen) atoms. The van der Waals surface area contributed by atoms with Crippen LogP contribution in [-0.4, -0.2) is 27.1 Å². The van der Waals surface area contributed by atoms with Crippen molar-refractivity contribution in [2.45, 2.75) is 6.54 Å². The Labute approximate surface area is 149 Å². The van der Waals surface area contributed by atoms with Crippen molar-refractivity contribution in [2.24, 2.45) is 0 Å². The first-order chi connectivity index (χ1) is 11.7. The Morgan fingerprint density at radius 2 is 1.72 bits per heavy atom. The van der Waals surface area contributed by atoms with Crippen LogP contribution in [0.5, 0.6) is 0 Å². The van der Waals surface area contributed by atoms with Gasteiger partial charge in [0.2, 0.25) is 15.9 Å². The summed E-state index contributed by atoms with van der Waals surface area (Å²) in [6.45, 7) is -0.711. The molecule has 0 aromatic heterocycles. The molecule has 2 aromatic carbocycles. The molecule has 0 spiro atoms. The molecule has 0 saturated carbocycles. The Kier molecular flexibility index (Phi) is 5.97. The predicted molar refractivity (Wildman–Crippen MR) is 91.8 cm³/mol. The largest absolute Gasteiger partial charge is 0.350 e. The second-order valence-corrected chi connectivity index (χ2v) is 7.52. The second kappa shape index (κ2) is 7.79. The third-order valence-corrected chi connectivity index (χ3v) is 4.79. The Hall–Kier alpha value is -2.19. The van der Waals surface area contributed by atoms with Crippen molar-refractivity contribution >= 4 is 33.2 Å². The van der Waals surface area contributed by atoms with Crippen molar-refractivity contribution < 1.29 is 22.0 Å². The first kappa shape index (κ1) is 19.1. The number of para-hydroxylation sites is 1. The van der Waals surface area contributed by atoms with Gasteiger partial charge in [0, 0.05) is 11.6 Å². The van der Waals surface area contributed by atoms with E-state index in [1.165, 1.54) is 0 Å². The van der Waals surface area contributed by atoms with Crippen molar-refractivity contribution in [3.63, 3.8) is 0 Å². The van der Waals surface area contributed by atoms with Crippen LogP contribution in [0.25, 0.3) is 0 Å². The highest BCUT2D eigenvalue weighted by Gasteiger charge is 2.26. The van der Waals surface area contributed by atoms with Gasteiger partial charge in [-0.3, -0.25) is 9.10 Å². The maximum absolute atomic E-state index is 13.9. The molecule has 1 amide bonds. The van der Waals surface area contributed by atoms with E-state index < -0.39 is 39.8 Å². The zero-order valence-electron chi connectivity index (χ0n) is 13.2. The van der Waals surface area contributed by atoms with Gasteiger partial charge >= 0.3 is 0 Å².